The molecular weight excluding hydrogens is 256 g/mol. The normalized spacial score (nSPS) is 12.7. The molecule has 5 nitrogen and oxygen atoms in total. The van der Waals surface area contributed by atoms with E-state index >= 15 is 0 Å². The summed E-state index contributed by atoms with van der Waals surface area (Å²) in [6.45, 7) is 7.74. The number of carbonyl (C=O) groups excluding carboxylic acids is 1. The van der Waals surface area contributed by atoms with Crippen molar-refractivity contribution in [2.45, 2.75) is 39.3 Å². The number of hydrogen-bond acceptors (Lipinski definition) is 4. The van der Waals surface area contributed by atoms with Crippen LogP contribution < -0.4 is 15.8 Å². The lowest BCUT2D eigenvalue weighted by Gasteiger charge is -2.21. The van der Waals surface area contributed by atoms with Gasteiger partial charge in [0.05, 0.1) is 7.11 Å². The molecule has 0 radical (unpaired) electrons. The van der Waals surface area contributed by atoms with Gasteiger partial charge in [0.25, 0.3) is 0 Å². The van der Waals surface area contributed by atoms with Crippen molar-refractivity contribution in [1.82, 2.24) is 5.32 Å². The van der Waals surface area contributed by atoms with Gasteiger partial charge in [0, 0.05) is 12.6 Å². The first-order valence-corrected chi connectivity index (χ1v) is 6.60. The van der Waals surface area contributed by atoms with Gasteiger partial charge in [-0.2, -0.15) is 0 Å². The third kappa shape index (κ3) is 5.09. The number of carbonyl (C=O) groups is 1. The van der Waals surface area contributed by atoms with Crippen LogP contribution in [-0.4, -0.2) is 25.3 Å². The van der Waals surface area contributed by atoms with E-state index in [2.05, 4.69) is 5.32 Å². The van der Waals surface area contributed by atoms with Gasteiger partial charge in [-0.25, -0.2) is 4.79 Å². The molecule has 20 heavy (non-hydrogen) atoms. The summed E-state index contributed by atoms with van der Waals surface area (Å²) in [4.78, 5) is 11.6. The van der Waals surface area contributed by atoms with E-state index < -0.39 is 11.7 Å². The van der Waals surface area contributed by atoms with Crippen LogP contribution in [0.1, 0.15) is 37.9 Å². The second-order valence-corrected chi connectivity index (χ2v) is 5.71. The fourth-order valence-corrected chi connectivity index (χ4v) is 1.81. The molecule has 0 aliphatic rings. The Balaban J connectivity index is 2.59. The molecule has 1 rings (SSSR count). The van der Waals surface area contributed by atoms with Gasteiger partial charge in [-0.1, -0.05) is 6.07 Å². The lowest BCUT2D eigenvalue weighted by Crippen LogP contribution is -2.36. The van der Waals surface area contributed by atoms with Gasteiger partial charge in [-0.15, -0.1) is 0 Å². The first-order chi connectivity index (χ1) is 9.23. The van der Waals surface area contributed by atoms with Gasteiger partial charge in [0.1, 0.15) is 11.4 Å². The van der Waals surface area contributed by atoms with Crippen LogP contribution in [0.5, 0.6) is 5.75 Å². The Kier molecular flexibility index (Phi) is 5.39. The zero-order valence-electron chi connectivity index (χ0n) is 12.8. The number of methoxy groups -OCH3 is 1. The zero-order chi connectivity index (χ0) is 15.3. The summed E-state index contributed by atoms with van der Waals surface area (Å²) in [6.07, 6.45) is -0.459. The van der Waals surface area contributed by atoms with Crippen molar-refractivity contribution >= 4 is 6.09 Å². The topological polar surface area (TPSA) is 73.6 Å². The molecule has 1 amide bonds. The second kappa shape index (κ2) is 6.61. The molecule has 0 bridgehead atoms. The Morgan fingerprint density at radius 3 is 2.55 bits per heavy atom. The van der Waals surface area contributed by atoms with Crippen molar-refractivity contribution in [2.75, 3.05) is 13.7 Å². The van der Waals surface area contributed by atoms with Gasteiger partial charge < -0.3 is 20.5 Å². The maximum atomic E-state index is 11.6. The van der Waals surface area contributed by atoms with Crippen LogP contribution in [0.15, 0.2) is 18.2 Å². The largest absolute Gasteiger partial charge is 0.497 e. The van der Waals surface area contributed by atoms with E-state index in [1.807, 2.05) is 45.9 Å². The van der Waals surface area contributed by atoms with E-state index in [1.54, 1.807) is 7.11 Å². The minimum Gasteiger partial charge on any atom is -0.497 e. The molecule has 0 heterocycles. The van der Waals surface area contributed by atoms with E-state index in [9.17, 15) is 4.79 Å². The maximum absolute atomic E-state index is 11.6. The first-order valence-electron chi connectivity index (χ1n) is 6.60. The Morgan fingerprint density at radius 1 is 1.40 bits per heavy atom. The number of rotatable bonds is 4. The Morgan fingerprint density at radius 2 is 2.05 bits per heavy atom. The van der Waals surface area contributed by atoms with Crippen molar-refractivity contribution < 1.29 is 14.3 Å². The molecule has 1 aromatic rings. The summed E-state index contributed by atoms with van der Waals surface area (Å²) < 4.78 is 10.3. The molecule has 0 fully saturated rings. The second-order valence-electron chi connectivity index (χ2n) is 5.71. The predicted octanol–water partition coefficient (Wildman–Crippen LogP) is 2.53. The molecule has 1 atom stereocenters. The molecule has 0 aromatic heterocycles. The van der Waals surface area contributed by atoms with Crippen LogP contribution in [0, 0.1) is 6.92 Å². The van der Waals surface area contributed by atoms with Gasteiger partial charge in [-0.3, -0.25) is 0 Å². The Labute approximate surface area is 120 Å². The molecule has 0 aliphatic heterocycles. The van der Waals surface area contributed by atoms with E-state index in [-0.39, 0.29) is 6.04 Å². The summed E-state index contributed by atoms with van der Waals surface area (Å²) in [5.41, 5.74) is 7.58. The summed E-state index contributed by atoms with van der Waals surface area (Å²) >= 11 is 0. The minimum atomic E-state index is -0.510. The number of benzene rings is 1. The molecule has 1 unspecified atom stereocenters. The summed E-state index contributed by atoms with van der Waals surface area (Å²) in [7, 11) is 1.62. The van der Waals surface area contributed by atoms with Gasteiger partial charge in [-0.05, 0) is 51.0 Å². The van der Waals surface area contributed by atoms with Gasteiger partial charge in [0.15, 0.2) is 0 Å². The number of amides is 1. The fraction of sp³-hybridized carbons (Fsp3) is 0.533. The minimum absolute atomic E-state index is 0.284. The van der Waals surface area contributed by atoms with Crippen molar-refractivity contribution in [3.8, 4) is 5.75 Å². The van der Waals surface area contributed by atoms with Crippen molar-refractivity contribution in [1.29, 1.82) is 0 Å². The average molecular weight is 280 g/mol. The highest BCUT2D eigenvalue weighted by Crippen LogP contribution is 2.21. The molecule has 0 saturated carbocycles. The van der Waals surface area contributed by atoms with E-state index in [0.717, 1.165) is 16.9 Å². The third-order valence-corrected chi connectivity index (χ3v) is 2.74. The van der Waals surface area contributed by atoms with Crippen LogP contribution in [0.3, 0.4) is 0 Å². The van der Waals surface area contributed by atoms with Crippen LogP contribution in [0.2, 0.25) is 0 Å². The quantitative estimate of drug-likeness (QED) is 0.889. The van der Waals surface area contributed by atoms with E-state index in [4.69, 9.17) is 15.2 Å². The molecule has 112 valence electrons. The van der Waals surface area contributed by atoms with Gasteiger partial charge in [0.2, 0.25) is 0 Å². The summed E-state index contributed by atoms with van der Waals surface area (Å²) in [5, 5.41) is 2.68. The molecule has 3 N–H and O–H groups in total. The number of alkyl carbamates (subject to hydrolysis) is 1. The third-order valence-electron chi connectivity index (χ3n) is 2.74. The lowest BCUT2D eigenvalue weighted by atomic mass is 10.0. The molecule has 0 aliphatic carbocycles. The first kappa shape index (κ1) is 16.3. The number of aryl methyl sites for hydroxylation is 1. The number of nitrogens with one attached hydrogen (secondary N) is 1. The highest BCUT2D eigenvalue weighted by molar-refractivity contribution is 5.67. The molecule has 0 saturated heterocycles. The molecule has 0 spiro atoms. The highest BCUT2D eigenvalue weighted by Gasteiger charge is 2.17. The summed E-state index contributed by atoms with van der Waals surface area (Å²) in [5.74, 6) is 0.790. The zero-order valence-corrected chi connectivity index (χ0v) is 12.8. The molecule has 1 aromatic carbocycles. The number of ether oxygens (including phenoxy) is 2. The monoisotopic (exact) mass is 280 g/mol. The van der Waals surface area contributed by atoms with Gasteiger partial charge >= 0.3 is 6.09 Å². The Hall–Kier alpha value is -1.75. The Bertz CT molecular complexity index is 467. The average Bonchev–Trinajstić information content (AvgIpc) is 2.33. The fourth-order valence-electron chi connectivity index (χ4n) is 1.81. The smallest absolute Gasteiger partial charge is 0.407 e. The van der Waals surface area contributed by atoms with Crippen molar-refractivity contribution in [3.05, 3.63) is 29.3 Å². The van der Waals surface area contributed by atoms with Crippen LogP contribution in [0.4, 0.5) is 4.79 Å². The molecular formula is C15H24N2O3. The molecule has 5 heteroatoms. The highest BCUT2D eigenvalue weighted by atomic mass is 16.6. The standard InChI is InChI=1S/C15H24N2O3/c1-10-8-11(19-5)6-7-12(10)13(16)9-17-14(18)20-15(2,3)4/h6-8,13H,9,16H2,1-5H3,(H,17,18). The van der Waals surface area contributed by atoms with Crippen molar-refractivity contribution in [3.63, 3.8) is 0 Å². The summed E-state index contributed by atoms with van der Waals surface area (Å²) in [6, 6.07) is 5.40. The number of hydrogen-bond donors (Lipinski definition) is 2. The van der Waals surface area contributed by atoms with Crippen LogP contribution in [0.25, 0.3) is 0 Å². The van der Waals surface area contributed by atoms with E-state index in [0.29, 0.717) is 6.54 Å². The predicted molar refractivity (Wildman–Crippen MR) is 78.9 cm³/mol. The SMILES string of the molecule is COc1ccc(C(N)CNC(=O)OC(C)(C)C)c(C)c1. The van der Waals surface area contributed by atoms with Crippen LogP contribution >= 0.6 is 0 Å². The number of nitrogens with two attached hydrogens (primary N) is 1. The maximum Gasteiger partial charge on any atom is 0.407 e. The van der Waals surface area contributed by atoms with Crippen LogP contribution in [-0.2, 0) is 4.74 Å². The lowest BCUT2D eigenvalue weighted by molar-refractivity contribution is 0.0524. The van der Waals surface area contributed by atoms with Crippen molar-refractivity contribution in [2.24, 2.45) is 5.73 Å². The van der Waals surface area contributed by atoms with E-state index in [1.165, 1.54) is 0 Å².